The Labute approximate surface area is 164 Å². The van der Waals surface area contributed by atoms with Crippen molar-refractivity contribution in [3.8, 4) is 11.4 Å². The van der Waals surface area contributed by atoms with Crippen molar-refractivity contribution in [1.82, 2.24) is 25.5 Å². The third kappa shape index (κ3) is 6.02. The van der Waals surface area contributed by atoms with Crippen LogP contribution in [0.15, 0.2) is 54.9 Å². The molecular weight excluding hydrogens is 366 g/mol. The predicted octanol–water partition coefficient (Wildman–Crippen LogP) is 2.48. The molecule has 2 unspecified atom stereocenters. The lowest BCUT2D eigenvalue weighted by atomic mass is 10.1. The monoisotopic (exact) mass is 389 g/mol. The summed E-state index contributed by atoms with van der Waals surface area (Å²) in [5, 5.41) is 24.6. The lowest BCUT2D eigenvalue weighted by molar-refractivity contribution is 0.104. The quantitative estimate of drug-likeness (QED) is 0.615. The molecular formula is C19H24ClN5O2. The Balaban J connectivity index is 0.00000261. The van der Waals surface area contributed by atoms with Gasteiger partial charge >= 0.3 is 0 Å². The van der Waals surface area contributed by atoms with Crippen molar-refractivity contribution in [1.29, 1.82) is 0 Å². The summed E-state index contributed by atoms with van der Waals surface area (Å²) in [6, 6.07) is 15.9. The van der Waals surface area contributed by atoms with E-state index in [1.54, 1.807) is 11.0 Å². The maximum absolute atomic E-state index is 10.1. The van der Waals surface area contributed by atoms with E-state index in [4.69, 9.17) is 4.74 Å². The largest absolute Gasteiger partial charge is 0.491 e. The van der Waals surface area contributed by atoms with Gasteiger partial charge in [0.05, 0.1) is 5.69 Å². The van der Waals surface area contributed by atoms with Gasteiger partial charge in [-0.15, -0.1) is 17.5 Å². The fourth-order valence-corrected chi connectivity index (χ4v) is 2.58. The van der Waals surface area contributed by atoms with Crippen molar-refractivity contribution in [3.63, 3.8) is 0 Å². The molecule has 0 aliphatic rings. The van der Waals surface area contributed by atoms with Crippen LogP contribution in [0.2, 0.25) is 0 Å². The van der Waals surface area contributed by atoms with Gasteiger partial charge in [0.1, 0.15) is 24.8 Å². The van der Waals surface area contributed by atoms with Crippen molar-refractivity contribution >= 4 is 12.4 Å². The van der Waals surface area contributed by atoms with Crippen molar-refractivity contribution in [3.05, 3.63) is 66.0 Å². The highest BCUT2D eigenvalue weighted by atomic mass is 35.5. The van der Waals surface area contributed by atoms with Crippen LogP contribution in [0.3, 0.4) is 0 Å². The van der Waals surface area contributed by atoms with E-state index in [2.05, 4.69) is 27.8 Å². The van der Waals surface area contributed by atoms with Crippen molar-refractivity contribution in [2.24, 2.45) is 0 Å². The summed E-state index contributed by atoms with van der Waals surface area (Å²) in [5.74, 6) is 0.773. The van der Waals surface area contributed by atoms with Gasteiger partial charge < -0.3 is 15.2 Å². The van der Waals surface area contributed by atoms with E-state index < -0.39 is 6.10 Å². The minimum Gasteiger partial charge on any atom is -0.491 e. The van der Waals surface area contributed by atoms with Crippen LogP contribution in [0.25, 0.3) is 5.69 Å². The fraction of sp³-hybridized carbons (Fsp3) is 0.316. The highest BCUT2D eigenvalue weighted by Crippen LogP contribution is 2.15. The minimum atomic E-state index is -0.585. The molecule has 0 aliphatic carbocycles. The molecule has 7 nitrogen and oxygen atoms in total. The van der Waals surface area contributed by atoms with Crippen LogP contribution < -0.4 is 10.1 Å². The number of aliphatic hydroxyl groups excluding tert-OH is 1. The van der Waals surface area contributed by atoms with Gasteiger partial charge in [-0.3, -0.25) is 0 Å². The van der Waals surface area contributed by atoms with E-state index in [1.807, 2.05) is 55.5 Å². The number of nitrogens with one attached hydrogen (secondary N) is 1. The first kappa shape index (κ1) is 20.8. The van der Waals surface area contributed by atoms with Crippen molar-refractivity contribution < 1.29 is 9.84 Å². The second-order valence-electron chi connectivity index (χ2n) is 6.26. The number of aryl methyl sites for hydroxylation is 1. The molecule has 0 saturated carbocycles. The van der Waals surface area contributed by atoms with Gasteiger partial charge in [0.2, 0.25) is 0 Å². The SMILES string of the molecule is Cc1cccc(OCC(O)CNC(C)c2ccc(-n3cnnn3)cc2)c1.Cl. The van der Waals surface area contributed by atoms with E-state index >= 15 is 0 Å². The van der Waals surface area contributed by atoms with Crippen molar-refractivity contribution in [2.45, 2.75) is 26.0 Å². The molecule has 2 atom stereocenters. The molecule has 0 aliphatic heterocycles. The molecule has 1 heterocycles. The number of tetrazole rings is 1. The van der Waals surface area contributed by atoms with Gasteiger partial charge in [0.15, 0.2) is 0 Å². The van der Waals surface area contributed by atoms with Gasteiger partial charge in [0.25, 0.3) is 0 Å². The van der Waals surface area contributed by atoms with Gasteiger partial charge in [-0.25, -0.2) is 4.68 Å². The number of aromatic nitrogens is 4. The number of ether oxygens (including phenoxy) is 1. The second kappa shape index (κ2) is 10.0. The minimum absolute atomic E-state index is 0. The number of hydrogen-bond acceptors (Lipinski definition) is 6. The van der Waals surface area contributed by atoms with Crippen LogP contribution in [-0.4, -0.2) is 44.6 Å². The maximum Gasteiger partial charge on any atom is 0.143 e. The van der Waals surface area contributed by atoms with Crippen LogP contribution >= 0.6 is 12.4 Å². The Hall–Kier alpha value is -2.48. The summed E-state index contributed by atoms with van der Waals surface area (Å²) in [6.07, 6.45) is 0.972. The van der Waals surface area contributed by atoms with Gasteiger partial charge in [-0.1, -0.05) is 24.3 Å². The number of hydrogen-bond donors (Lipinski definition) is 2. The standard InChI is InChI=1S/C19H23N5O2.ClH/c1-14-4-3-5-19(10-14)26-12-18(25)11-20-15(2)16-6-8-17(9-7-16)24-13-21-22-23-24;/h3-10,13,15,18,20,25H,11-12H2,1-2H3;1H. The molecule has 27 heavy (non-hydrogen) atoms. The molecule has 0 bridgehead atoms. The van der Waals surface area contributed by atoms with Gasteiger partial charge in [0, 0.05) is 12.6 Å². The van der Waals surface area contributed by atoms with Crippen LogP contribution in [0, 0.1) is 6.92 Å². The Morgan fingerprint density at radius 3 is 2.63 bits per heavy atom. The molecule has 0 saturated heterocycles. The maximum atomic E-state index is 10.1. The van der Waals surface area contributed by atoms with Crippen molar-refractivity contribution in [2.75, 3.05) is 13.2 Å². The summed E-state index contributed by atoms with van der Waals surface area (Å²) in [7, 11) is 0. The highest BCUT2D eigenvalue weighted by Gasteiger charge is 2.10. The van der Waals surface area contributed by atoms with Crippen LogP contribution in [0.4, 0.5) is 0 Å². The lowest BCUT2D eigenvalue weighted by Crippen LogP contribution is -2.33. The third-order valence-corrected chi connectivity index (χ3v) is 4.10. The zero-order valence-electron chi connectivity index (χ0n) is 15.3. The average molecular weight is 390 g/mol. The summed E-state index contributed by atoms with van der Waals surface area (Å²) in [5.41, 5.74) is 3.15. The van der Waals surface area contributed by atoms with Crippen LogP contribution in [0.5, 0.6) is 5.75 Å². The van der Waals surface area contributed by atoms with Gasteiger partial charge in [-0.2, -0.15) is 0 Å². The Kier molecular flexibility index (Phi) is 7.72. The van der Waals surface area contributed by atoms with E-state index in [0.29, 0.717) is 6.54 Å². The average Bonchev–Trinajstić information content (AvgIpc) is 3.19. The van der Waals surface area contributed by atoms with Crippen LogP contribution in [0.1, 0.15) is 24.1 Å². The highest BCUT2D eigenvalue weighted by molar-refractivity contribution is 5.85. The molecule has 0 fully saturated rings. The zero-order valence-corrected chi connectivity index (χ0v) is 16.1. The first-order chi connectivity index (χ1) is 12.6. The zero-order chi connectivity index (χ0) is 18.4. The topological polar surface area (TPSA) is 85.1 Å². The molecule has 3 rings (SSSR count). The molecule has 2 N–H and O–H groups in total. The molecule has 0 radical (unpaired) electrons. The Morgan fingerprint density at radius 2 is 1.96 bits per heavy atom. The number of nitrogens with zero attached hydrogens (tertiary/aromatic N) is 4. The lowest BCUT2D eigenvalue weighted by Gasteiger charge is -2.18. The Morgan fingerprint density at radius 1 is 1.19 bits per heavy atom. The molecule has 3 aromatic rings. The number of aliphatic hydroxyl groups is 1. The second-order valence-corrected chi connectivity index (χ2v) is 6.26. The molecule has 8 heteroatoms. The van der Waals surface area contributed by atoms with E-state index in [0.717, 1.165) is 22.6 Å². The first-order valence-corrected chi connectivity index (χ1v) is 8.56. The summed E-state index contributed by atoms with van der Waals surface area (Å²) in [6.45, 7) is 4.76. The summed E-state index contributed by atoms with van der Waals surface area (Å²) < 4.78 is 7.24. The molecule has 0 amide bonds. The molecule has 0 spiro atoms. The van der Waals surface area contributed by atoms with E-state index in [-0.39, 0.29) is 25.1 Å². The predicted molar refractivity (Wildman–Crippen MR) is 106 cm³/mol. The number of benzene rings is 2. The fourth-order valence-electron chi connectivity index (χ4n) is 2.58. The number of rotatable bonds is 8. The number of halogens is 1. The smallest absolute Gasteiger partial charge is 0.143 e. The summed E-state index contributed by atoms with van der Waals surface area (Å²) >= 11 is 0. The van der Waals surface area contributed by atoms with E-state index in [1.165, 1.54) is 0 Å². The molecule has 2 aromatic carbocycles. The van der Waals surface area contributed by atoms with E-state index in [9.17, 15) is 5.11 Å². The summed E-state index contributed by atoms with van der Waals surface area (Å²) in [4.78, 5) is 0. The first-order valence-electron chi connectivity index (χ1n) is 8.56. The van der Waals surface area contributed by atoms with Gasteiger partial charge in [-0.05, 0) is 59.7 Å². The third-order valence-electron chi connectivity index (χ3n) is 4.10. The molecule has 1 aromatic heterocycles. The van der Waals surface area contributed by atoms with Crippen LogP contribution in [-0.2, 0) is 0 Å². The Bertz CT molecular complexity index is 811. The molecule has 144 valence electrons. The normalized spacial score (nSPS) is 12.9.